The minimum atomic E-state index is -0.717. The number of imide groups is 1. The molecule has 1 aliphatic rings. The SMILES string of the molecule is CCc1ccccc1OC(=O)c1ccc(NC2=C(Cl)C(=O)N(c3ccc(F)cc3)C2=O)cc1. The molecule has 0 unspecified atom stereocenters. The molecule has 2 amide bonds. The van der Waals surface area contributed by atoms with E-state index in [1.54, 1.807) is 24.3 Å². The third-order valence-corrected chi connectivity index (χ3v) is 5.41. The van der Waals surface area contributed by atoms with Gasteiger partial charge in [0.1, 0.15) is 22.3 Å². The molecule has 8 heteroatoms. The average molecular weight is 465 g/mol. The molecule has 3 aromatic carbocycles. The maximum atomic E-state index is 13.2. The quantitative estimate of drug-likeness (QED) is 0.314. The molecule has 1 aliphatic heterocycles. The topological polar surface area (TPSA) is 75.7 Å². The number of benzene rings is 3. The van der Waals surface area contributed by atoms with Crippen molar-refractivity contribution in [3.8, 4) is 5.75 Å². The lowest BCUT2D eigenvalue weighted by molar-refractivity contribution is -0.120. The van der Waals surface area contributed by atoms with Crippen molar-refractivity contribution < 1.29 is 23.5 Å². The van der Waals surface area contributed by atoms with E-state index in [0.717, 1.165) is 29.0 Å². The van der Waals surface area contributed by atoms with Crippen molar-refractivity contribution in [1.82, 2.24) is 0 Å². The molecule has 0 aliphatic carbocycles. The van der Waals surface area contributed by atoms with Gasteiger partial charge in [0.05, 0.1) is 11.3 Å². The van der Waals surface area contributed by atoms with E-state index < -0.39 is 23.6 Å². The van der Waals surface area contributed by atoms with Gasteiger partial charge in [0.15, 0.2) is 0 Å². The summed E-state index contributed by atoms with van der Waals surface area (Å²) in [7, 11) is 0. The number of carbonyl (C=O) groups excluding carboxylic acids is 3. The van der Waals surface area contributed by atoms with Crippen LogP contribution in [0, 0.1) is 5.82 Å². The molecule has 0 saturated heterocycles. The molecule has 0 bridgehead atoms. The highest BCUT2D eigenvalue weighted by atomic mass is 35.5. The molecule has 6 nitrogen and oxygen atoms in total. The van der Waals surface area contributed by atoms with Crippen LogP contribution in [-0.4, -0.2) is 17.8 Å². The zero-order valence-corrected chi connectivity index (χ0v) is 18.2. The Balaban J connectivity index is 1.48. The monoisotopic (exact) mass is 464 g/mol. The van der Waals surface area contributed by atoms with Crippen LogP contribution in [-0.2, 0) is 16.0 Å². The summed E-state index contributed by atoms with van der Waals surface area (Å²) in [5.74, 6) is -1.90. The fourth-order valence-corrected chi connectivity index (χ4v) is 3.54. The van der Waals surface area contributed by atoms with Crippen LogP contribution in [0.15, 0.2) is 83.5 Å². The van der Waals surface area contributed by atoms with Crippen LogP contribution in [0.5, 0.6) is 5.75 Å². The summed E-state index contributed by atoms with van der Waals surface area (Å²) in [4.78, 5) is 38.6. The van der Waals surface area contributed by atoms with Crippen LogP contribution in [0.3, 0.4) is 0 Å². The van der Waals surface area contributed by atoms with Gasteiger partial charge in [-0.25, -0.2) is 14.1 Å². The Morgan fingerprint density at radius 2 is 1.64 bits per heavy atom. The Morgan fingerprint density at radius 1 is 0.970 bits per heavy atom. The van der Waals surface area contributed by atoms with Gasteiger partial charge in [-0.1, -0.05) is 36.7 Å². The Morgan fingerprint density at radius 3 is 2.30 bits per heavy atom. The van der Waals surface area contributed by atoms with Crippen LogP contribution in [0.4, 0.5) is 15.8 Å². The third-order valence-electron chi connectivity index (χ3n) is 5.06. The summed E-state index contributed by atoms with van der Waals surface area (Å²) < 4.78 is 18.7. The van der Waals surface area contributed by atoms with Gasteiger partial charge in [0.25, 0.3) is 11.8 Å². The van der Waals surface area contributed by atoms with Gasteiger partial charge in [-0.05, 0) is 66.6 Å². The fourth-order valence-electron chi connectivity index (χ4n) is 3.32. The van der Waals surface area contributed by atoms with Gasteiger partial charge in [-0.15, -0.1) is 0 Å². The summed E-state index contributed by atoms with van der Waals surface area (Å²) >= 11 is 6.11. The number of rotatable bonds is 6. The second-order valence-electron chi connectivity index (χ2n) is 7.16. The van der Waals surface area contributed by atoms with E-state index >= 15 is 0 Å². The summed E-state index contributed by atoms with van der Waals surface area (Å²) in [5, 5.41) is 2.54. The lowest BCUT2D eigenvalue weighted by Gasteiger charge is -2.15. The van der Waals surface area contributed by atoms with Crippen molar-refractivity contribution in [1.29, 1.82) is 0 Å². The molecule has 0 saturated carbocycles. The van der Waals surface area contributed by atoms with Crippen LogP contribution in [0.25, 0.3) is 0 Å². The smallest absolute Gasteiger partial charge is 0.343 e. The first kappa shape index (κ1) is 22.2. The van der Waals surface area contributed by atoms with Crippen molar-refractivity contribution in [2.75, 3.05) is 10.2 Å². The lowest BCUT2D eigenvalue weighted by Crippen LogP contribution is -2.32. The average Bonchev–Trinajstić information content (AvgIpc) is 3.03. The van der Waals surface area contributed by atoms with E-state index in [1.807, 2.05) is 19.1 Å². The Kier molecular flexibility index (Phi) is 6.24. The number of esters is 1. The maximum Gasteiger partial charge on any atom is 0.343 e. The Labute approximate surface area is 194 Å². The van der Waals surface area contributed by atoms with Gasteiger partial charge >= 0.3 is 5.97 Å². The van der Waals surface area contributed by atoms with Crippen LogP contribution < -0.4 is 15.0 Å². The van der Waals surface area contributed by atoms with E-state index in [-0.39, 0.29) is 16.4 Å². The van der Waals surface area contributed by atoms with Gasteiger partial charge in [-0.3, -0.25) is 9.59 Å². The lowest BCUT2D eigenvalue weighted by atomic mass is 10.1. The summed E-state index contributed by atoms with van der Waals surface area (Å²) in [6, 6.07) is 18.4. The maximum absolute atomic E-state index is 13.2. The molecule has 1 N–H and O–H groups in total. The minimum absolute atomic E-state index is 0.113. The fraction of sp³-hybridized carbons (Fsp3) is 0.0800. The van der Waals surface area contributed by atoms with E-state index in [4.69, 9.17) is 16.3 Å². The zero-order valence-electron chi connectivity index (χ0n) is 17.5. The first-order chi connectivity index (χ1) is 15.9. The number of hydrogen-bond acceptors (Lipinski definition) is 5. The largest absolute Gasteiger partial charge is 0.423 e. The van der Waals surface area contributed by atoms with Gasteiger partial charge in [0.2, 0.25) is 0 Å². The summed E-state index contributed by atoms with van der Waals surface area (Å²) in [6.45, 7) is 1.97. The molecule has 33 heavy (non-hydrogen) atoms. The summed E-state index contributed by atoms with van der Waals surface area (Å²) in [6.07, 6.45) is 0.726. The second-order valence-corrected chi connectivity index (χ2v) is 7.54. The highest BCUT2D eigenvalue weighted by Crippen LogP contribution is 2.30. The number of amides is 2. The van der Waals surface area contributed by atoms with Gasteiger partial charge in [0, 0.05) is 5.69 Å². The first-order valence-corrected chi connectivity index (χ1v) is 10.5. The molecule has 166 valence electrons. The number of carbonyl (C=O) groups is 3. The first-order valence-electron chi connectivity index (χ1n) is 10.1. The number of aryl methyl sites for hydroxylation is 1. The van der Waals surface area contributed by atoms with Crippen LogP contribution in [0.2, 0.25) is 0 Å². The zero-order chi connectivity index (χ0) is 23.5. The van der Waals surface area contributed by atoms with Crippen molar-refractivity contribution in [3.63, 3.8) is 0 Å². The highest BCUT2D eigenvalue weighted by molar-refractivity contribution is 6.53. The predicted octanol–water partition coefficient (Wildman–Crippen LogP) is 5.04. The van der Waals surface area contributed by atoms with Crippen LogP contribution in [0.1, 0.15) is 22.8 Å². The number of nitrogens with one attached hydrogen (secondary N) is 1. The minimum Gasteiger partial charge on any atom is -0.423 e. The summed E-state index contributed by atoms with van der Waals surface area (Å²) in [5.41, 5.74) is 1.76. The third kappa shape index (κ3) is 4.49. The predicted molar refractivity (Wildman–Crippen MR) is 123 cm³/mol. The number of anilines is 2. The molecule has 3 aromatic rings. The van der Waals surface area contributed by atoms with Crippen LogP contribution >= 0.6 is 11.6 Å². The van der Waals surface area contributed by atoms with Crippen molar-refractivity contribution >= 4 is 40.8 Å². The molecular formula is C25H18ClFN2O4. The molecule has 0 radical (unpaired) electrons. The number of para-hydroxylation sites is 1. The number of hydrogen-bond donors (Lipinski definition) is 1. The molecule has 1 heterocycles. The van der Waals surface area contributed by atoms with E-state index in [1.165, 1.54) is 24.3 Å². The van der Waals surface area contributed by atoms with Gasteiger partial charge in [-0.2, -0.15) is 0 Å². The van der Waals surface area contributed by atoms with E-state index in [9.17, 15) is 18.8 Å². The normalized spacial score (nSPS) is 13.5. The van der Waals surface area contributed by atoms with Crippen molar-refractivity contribution in [2.24, 2.45) is 0 Å². The number of ether oxygens (including phenoxy) is 1. The molecule has 0 aromatic heterocycles. The van der Waals surface area contributed by atoms with Crippen molar-refractivity contribution in [3.05, 3.63) is 100 Å². The number of halogens is 2. The molecular weight excluding hydrogens is 447 g/mol. The highest BCUT2D eigenvalue weighted by Gasteiger charge is 2.38. The van der Waals surface area contributed by atoms with E-state index in [2.05, 4.69) is 5.32 Å². The second kappa shape index (κ2) is 9.26. The molecule has 0 spiro atoms. The Hall–Kier alpha value is -3.97. The Bertz CT molecular complexity index is 1270. The number of nitrogens with zero attached hydrogens (tertiary/aromatic N) is 1. The molecule has 0 fully saturated rings. The molecule has 0 atom stereocenters. The standard InChI is InChI=1S/C25H18ClFN2O4/c1-2-15-5-3-4-6-20(15)33-25(32)16-7-11-18(12-8-16)28-22-21(26)23(30)29(24(22)31)19-13-9-17(27)10-14-19/h3-14,28H,2H2,1H3. The van der Waals surface area contributed by atoms with Crippen molar-refractivity contribution in [2.45, 2.75) is 13.3 Å². The van der Waals surface area contributed by atoms with Gasteiger partial charge < -0.3 is 10.1 Å². The molecule has 4 rings (SSSR count). The van der Waals surface area contributed by atoms with E-state index in [0.29, 0.717) is 17.0 Å².